The fourth-order valence-corrected chi connectivity index (χ4v) is 3.34. The number of carbonyl (C=O) groups is 2. The third-order valence-electron chi connectivity index (χ3n) is 4.82. The second kappa shape index (κ2) is 6.51. The average Bonchev–Trinajstić information content (AvgIpc) is 3.33. The third kappa shape index (κ3) is 3.45. The van der Waals surface area contributed by atoms with Gasteiger partial charge in [0.2, 0.25) is 5.91 Å². The molecule has 0 unspecified atom stereocenters. The van der Waals surface area contributed by atoms with Gasteiger partial charge in [0.05, 0.1) is 11.3 Å². The molecule has 2 heterocycles. The molecule has 2 amide bonds. The zero-order chi connectivity index (χ0) is 18.0. The summed E-state index contributed by atoms with van der Waals surface area (Å²) in [6.07, 6.45) is 5.80. The van der Waals surface area contributed by atoms with Crippen LogP contribution in [0.4, 0.5) is 5.69 Å². The van der Waals surface area contributed by atoms with E-state index in [2.05, 4.69) is 26.5 Å². The van der Waals surface area contributed by atoms with Crippen LogP contribution in [0.2, 0.25) is 0 Å². The zero-order valence-electron chi connectivity index (χ0n) is 14.1. The van der Waals surface area contributed by atoms with Gasteiger partial charge in [-0.15, -0.1) is 10.2 Å². The Balaban J connectivity index is 1.93. The predicted octanol–water partition coefficient (Wildman–Crippen LogP) is 0.691. The number of nitriles is 1. The molecule has 2 aliphatic rings. The quantitative estimate of drug-likeness (QED) is 0.775. The van der Waals surface area contributed by atoms with Crippen molar-refractivity contribution in [2.24, 2.45) is 11.1 Å². The fraction of sp³-hybridized carbons (Fsp3) is 0.471. The first kappa shape index (κ1) is 16.9. The van der Waals surface area contributed by atoms with E-state index in [4.69, 9.17) is 5.73 Å². The second-order valence-electron chi connectivity index (χ2n) is 6.69. The van der Waals surface area contributed by atoms with Crippen molar-refractivity contribution in [1.29, 1.82) is 5.26 Å². The summed E-state index contributed by atoms with van der Waals surface area (Å²) in [5.74, 6) is -1.13. The molecule has 1 saturated heterocycles. The Morgan fingerprint density at radius 1 is 1.40 bits per heavy atom. The van der Waals surface area contributed by atoms with Crippen LogP contribution in [0.25, 0.3) is 5.57 Å². The topological polar surface area (TPSA) is 125 Å². The van der Waals surface area contributed by atoms with Crippen LogP contribution >= 0.6 is 0 Å². The van der Waals surface area contributed by atoms with Crippen molar-refractivity contribution in [1.82, 2.24) is 15.5 Å². The molecule has 3 rings (SSSR count). The van der Waals surface area contributed by atoms with E-state index in [0.29, 0.717) is 11.1 Å². The van der Waals surface area contributed by atoms with Gasteiger partial charge in [0.15, 0.2) is 5.69 Å². The molecule has 130 valence electrons. The Morgan fingerprint density at radius 2 is 2.16 bits per heavy atom. The number of aromatic nitrogens is 2. The number of imide groups is 1. The molecule has 0 aromatic carbocycles. The molecular weight excluding hydrogens is 320 g/mol. The summed E-state index contributed by atoms with van der Waals surface area (Å²) in [5.41, 5.74) is 7.10. The summed E-state index contributed by atoms with van der Waals surface area (Å²) < 4.78 is 0. The van der Waals surface area contributed by atoms with E-state index in [1.807, 2.05) is 0 Å². The van der Waals surface area contributed by atoms with E-state index in [-0.39, 0.29) is 17.0 Å². The average molecular weight is 340 g/mol. The number of nitrogens with one attached hydrogen (secondary N) is 1. The number of nitrogens with zero attached hydrogens (tertiary/aromatic N) is 4. The van der Waals surface area contributed by atoms with E-state index in [1.54, 1.807) is 6.07 Å². The highest BCUT2D eigenvalue weighted by Gasteiger charge is 2.45. The van der Waals surface area contributed by atoms with Gasteiger partial charge in [-0.2, -0.15) is 5.26 Å². The standard InChI is InChI=1S/C17H20N6O2/c1-11(24)20-16(25)12(8-18)13-7-15(14(9-19)22-21-13)23-6-2-3-17(10-23)4-5-17/h7-8H,2-6,10,18H2,1H3,(H,20,24,25)/b12-8-. The minimum Gasteiger partial charge on any atom is -0.404 e. The van der Waals surface area contributed by atoms with Crippen LogP contribution in [0, 0.1) is 16.7 Å². The van der Waals surface area contributed by atoms with Crippen LogP contribution in [0.5, 0.6) is 0 Å². The lowest BCUT2D eigenvalue weighted by molar-refractivity contribution is -0.126. The van der Waals surface area contributed by atoms with Gasteiger partial charge in [0, 0.05) is 26.2 Å². The molecule has 1 aromatic heterocycles. The van der Waals surface area contributed by atoms with Gasteiger partial charge in [0.1, 0.15) is 11.8 Å². The number of amides is 2. The molecule has 1 aliphatic heterocycles. The van der Waals surface area contributed by atoms with Gasteiger partial charge < -0.3 is 10.6 Å². The van der Waals surface area contributed by atoms with Crippen LogP contribution < -0.4 is 16.0 Å². The lowest BCUT2D eigenvalue weighted by atomic mass is 9.94. The Bertz CT molecular complexity index is 791. The maximum Gasteiger partial charge on any atom is 0.261 e. The number of hydrogen-bond acceptors (Lipinski definition) is 7. The maximum absolute atomic E-state index is 12.1. The molecule has 0 radical (unpaired) electrons. The lowest BCUT2D eigenvalue weighted by Gasteiger charge is -2.34. The summed E-state index contributed by atoms with van der Waals surface area (Å²) in [6, 6.07) is 3.72. The molecule has 1 aromatic rings. The molecule has 8 nitrogen and oxygen atoms in total. The van der Waals surface area contributed by atoms with E-state index < -0.39 is 11.8 Å². The maximum atomic E-state index is 12.1. The van der Waals surface area contributed by atoms with Gasteiger partial charge >= 0.3 is 0 Å². The molecule has 2 fully saturated rings. The van der Waals surface area contributed by atoms with Gasteiger partial charge in [0.25, 0.3) is 5.91 Å². The van der Waals surface area contributed by atoms with Gasteiger partial charge in [-0.1, -0.05) is 0 Å². The first-order chi connectivity index (χ1) is 12.0. The number of anilines is 1. The van der Waals surface area contributed by atoms with Crippen LogP contribution in [0.15, 0.2) is 12.3 Å². The summed E-state index contributed by atoms with van der Waals surface area (Å²) in [6.45, 7) is 2.96. The molecule has 25 heavy (non-hydrogen) atoms. The fourth-order valence-electron chi connectivity index (χ4n) is 3.34. The SMILES string of the molecule is CC(=O)NC(=O)/C(=C\N)c1cc(N2CCCC3(CC3)C2)c(C#N)nn1. The predicted molar refractivity (Wildman–Crippen MR) is 90.8 cm³/mol. The molecule has 3 N–H and O–H groups in total. The van der Waals surface area contributed by atoms with Crippen molar-refractivity contribution in [3.8, 4) is 6.07 Å². The highest BCUT2D eigenvalue weighted by molar-refractivity contribution is 6.23. The smallest absolute Gasteiger partial charge is 0.261 e. The van der Waals surface area contributed by atoms with Crippen LogP contribution in [0.3, 0.4) is 0 Å². The zero-order valence-corrected chi connectivity index (χ0v) is 14.1. The monoisotopic (exact) mass is 340 g/mol. The molecule has 1 spiro atoms. The lowest BCUT2D eigenvalue weighted by Crippen LogP contribution is -2.37. The largest absolute Gasteiger partial charge is 0.404 e. The third-order valence-corrected chi connectivity index (χ3v) is 4.82. The van der Waals surface area contributed by atoms with Crippen molar-refractivity contribution in [3.05, 3.63) is 23.7 Å². The van der Waals surface area contributed by atoms with Crippen molar-refractivity contribution in [2.45, 2.75) is 32.6 Å². The Morgan fingerprint density at radius 3 is 2.76 bits per heavy atom. The van der Waals surface area contributed by atoms with Crippen molar-refractivity contribution < 1.29 is 9.59 Å². The highest BCUT2D eigenvalue weighted by Crippen LogP contribution is 2.52. The number of hydrogen-bond donors (Lipinski definition) is 2. The van der Waals surface area contributed by atoms with E-state index >= 15 is 0 Å². The first-order valence-electron chi connectivity index (χ1n) is 8.25. The number of rotatable bonds is 3. The minimum atomic E-state index is -0.641. The highest BCUT2D eigenvalue weighted by atomic mass is 16.2. The second-order valence-corrected chi connectivity index (χ2v) is 6.69. The van der Waals surface area contributed by atoms with Crippen LogP contribution in [-0.4, -0.2) is 35.1 Å². The number of nitrogens with two attached hydrogens (primary N) is 1. The van der Waals surface area contributed by atoms with Crippen molar-refractivity contribution in [3.63, 3.8) is 0 Å². The van der Waals surface area contributed by atoms with Gasteiger partial charge in [-0.3, -0.25) is 14.9 Å². The van der Waals surface area contributed by atoms with E-state index in [1.165, 1.54) is 26.2 Å². The Hall–Kier alpha value is -2.95. The molecule has 1 saturated carbocycles. The molecular formula is C17H20N6O2. The molecule has 0 atom stereocenters. The summed E-state index contributed by atoms with van der Waals surface area (Å²) in [7, 11) is 0. The Labute approximate surface area is 145 Å². The molecule has 1 aliphatic carbocycles. The van der Waals surface area contributed by atoms with E-state index in [9.17, 15) is 14.9 Å². The molecule has 8 heteroatoms. The molecule has 0 bridgehead atoms. The summed E-state index contributed by atoms with van der Waals surface area (Å²) >= 11 is 0. The number of carbonyl (C=O) groups excluding carboxylic acids is 2. The normalized spacial score (nSPS) is 18.6. The van der Waals surface area contributed by atoms with Crippen molar-refractivity contribution in [2.75, 3.05) is 18.0 Å². The first-order valence-corrected chi connectivity index (χ1v) is 8.25. The van der Waals surface area contributed by atoms with Gasteiger partial charge in [-0.05, 0) is 37.2 Å². The van der Waals surface area contributed by atoms with Crippen LogP contribution in [0.1, 0.15) is 44.0 Å². The minimum absolute atomic E-state index is 0.0478. The number of piperidine rings is 1. The Kier molecular flexibility index (Phi) is 4.40. The van der Waals surface area contributed by atoms with E-state index in [0.717, 1.165) is 25.7 Å². The van der Waals surface area contributed by atoms with Crippen LogP contribution in [-0.2, 0) is 9.59 Å². The summed E-state index contributed by atoms with van der Waals surface area (Å²) in [5, 5.41) is 19.4. The summed E-state index contributed by atoms with van der Waals surface area (Å²) in [4.78, 5) is 25.4. The van der Waals surface area contributed by atoms with Crippen molar-refractivity contribution >= 4 is 23.1 Å². The van der Waals surface area contributed by atoms with Gasteiger partial charge in [-0.25, -0.2) is 0 Å².